The number of methoxy groups -OCH3 is 2. The number of hydrogen-bond donors (Lipinski definition) is 0. The van der Waals surface area contributed by atoms with E-state index in [0.29, 0.717) is 56.4 Å². The number of aromatic nitrogens is 10. The summed E-state index contributed by atoms with van der Waals surface area (Å²) in [6.45, 7) is 0. The Morgan fingerprint density at radius 3 is 1.30 bits per heavy atom. The first kappa shape index (κ1) is 34.3. The standard InChI is InChI=1S/C34H30N12O6S2/c1-51-27-13-9-25(10-14-27)45(33-37-31-29(7-5-17-41(31)39-33)23-19-35-43(21-23)53(3,47)48)46(26-11-15-28(52-2)16-12-26)34-38-32-30(8-6-18-42(32)40-34)24-20-36-44(22-24)54(4,49)50/h5-22H,1-4H3. The van der Waals surface area contributed by atoms with Crippen LogP contribution in [-0.2, 0) is 20.0 Å². The molecule has 6 aromatic heterocycles. The minimum absolute atomic E-state index is 0.201. The molecule has 6 heterocycles. The van der Waals surface area contributed by atoms with Gasteiger partial charge in [0, 0.05) is 34.6 Å². The second kappa shape index (κ2) is 13.0. The van der Waals surface area contributed by atoms with Gasteiger partial charge in [-0.25, -0.2) is 35.9 Å². The lowest BCUT2D eigenvalue weighted by Gasteiger charge is -2.33. The van der Waals surface area contributed by atoms with Gasteiger partial charge in [0.2, 0.25) is 0 Å². The molecule has 0 saturated heterocycles. The Kier molecular flexibility index (Phi) is 8.26. The van der Waals surface area contributed by atoms with Gasteiger partial charge in [0.1, 0.15) is 11.5 Å². The van der Waals surface area contributed by atoms with Crippen LogP contribution in [0.5, 0.6) is 11.5 Å². The largest absolute Gasteiger partial charge is 0.497 e. The van der Waals surface area contributed by atoms with Crippen molar-refractivity contribution in [3.8, 4) is 33.8 Å². The number of benzene rings is 2. The Bertz CT molecular complexity index is 2680. The first-order chi connectivity index (χ1) is 25.9. The Labute approximate surface area is 308 Å². The quantitative estimate of drug-likeness (QED) is 0.172. The van der Waals surface area contributed by atoms with Crippen molar-refractivity contribution in [2.24, 2.45) is 0 Å². The lowest BCUT2D eigenvalue weighted by molar-refractivity contribution is 0.414. The van der Waals surface area contributed by atoms with E-state index >= 15 is 0 Å². The molecule has 0 atom stereocenters. The fourth-order valence-corrected chi connectivity index (χ4v) is 6.80. The maximum atomic E-state index is 12.2. The van der Waals surface area contributed by atoms with Gasteiger partial charge in [-0.05, 0) is 72.8 Å². The molecule has 54 heavy (non-hydrogen) atoms. The number of hydrogen-bond acceptors (Lipinski definition) is 14. The molecule has 0 N–H and O–H groups in total. The summed E-state index contributed by atoms with van der Waals surface area (Å²) in [6.07, 6.45) is 11.3. The molecule has 2 aromatic carbocycles. The predicted octanol–water partition coefficient (Wildman–Crippen LogP) is 4.02. The van der Waals surface area contributed by atoms with E-state index < -0.39 is 20.0 Å². The lowest BCUT2D eigenvalue weighted by Crippen LogP contribution is -2.37. The van der Waals surface area contributed by atoms with E-state index in [9.17, 15) is 16.8 Å². The molecule has 0 aliphatic carbocycles. The average Bonchev–Trinajstić information content (AvgIpc) is 3.99. The summed E-state index contributed by atoms with van der Waals surface area (Å²) in [6, 6.07) is 21.7. The van der Waals surface area contributed by atoms with Crippen LogP contribution in [0.25, 0.3) is 33.5 Å². The third kappa shape index (κ3) is 6.21. The van der Waals surface area contributed by atoms with Gasteiger partial charge in [-0.2, -0.15) is 28.3 Å². The van der Waals surface area contributed by atoms with E-state index in [0.717, 1.165) is 20.7 Å². The maximum Gasteiger partial charge on any atom is 0.269 e. The summed E-state index contributed by atoms with van der Waals surface area (Å²) in [5.74, 6) is 1.64. The molecule has 0 fully saturated rings. The third-order valence-electron chi connectivity index (χ3n) is 8.34. The minimum Gasteiger partial charge on any atom is -0.497 e. The van der Waals surface area contributed by atoms with Gasteiger partial charge in [0.25, 0.3) is 31.9 Å². The van der Waals surface area contributed by atoms with Crippen LogP contribution in [-0.4, -0.2) is 91.1 Å². The van der Waals surface area contributed by atoms with Crippen LogP contribution in [0, 0.1) is 0 Å². The summed E-state index contributed by atoms with van der Waals surface area (Å²) < 4.78 is 64.8. The van der Waals surface area contributed by atoms with E-state index in [1.807, 2.05) is 24.3 Å². The third-order valence-corrected chi connectivity index (χ3v) is 10.1. The molecule has 274 valence electrons. The fraction of sp³-hybridized carbons (Fsp3) is 0.118. The summed E-state index contributed by atoms with van der Waals surface area (Å²) in [7, 11) is -4.10. The van der Waals surface area contributed by atoms with Crippen LogP contribution in [0.4, 0.5) is 23.3 Å². The van der Waals surface area contributed by atoms with Crippen molar-refractivity contribution in [3.05, 3.63) is 110 Å². The number of fused-ring (bicyclic) bond motifs is 2. The molecule has 0 saturated carbocycles. The van der Waals surface area contributed by atoms with Gasteiger partial charge in [0.05, 0.1) is 62.9 Å². The minimum atomic E-state index is -3.63. The molecular formula is C34H30N12O6S2. The predicted molar refractivity (Wildman–Crippen MR) is 199 cm³/mol. The zero-order valence-corrected chi connectivity index (χ0v) is 30.7. The molecule has 0 aliphatic heterocycles. The first-order valence-electron chi connectivity index (χ1n) is 16.0. The molecule has 0 bridgehead atoms. The van der Waals surface area contributed by atoms with E-state index in [-0.39, 0.29) is 11.9 Å². The molecule has 8 rings (SSSR count). The highest BCUT2D eigenvalue weighted by Crippen LogP contribution is 2.37. The van der Waals surface area contributed by atoms with Crippen LogP contribution in [0.15, 0.2) is 110 Å². The van der Waals surface area contributed by atoms with Crippen molar-refractivity contribution in [2.45, 2.75) is 0 Å². The van der Waals surface area contributed by atoms with Crippen LogP contribution >= 0.6 is 0 Å². The van der Waals surface area contributed by atoms with Crippen molar-refractivity contribution in [1.82, 2.24) is 47.6 Å². The number of rotatable bonds is 11. The molecule has 20 heteroatoms. The van der Waals surface area contributed by atoms with Crippen LogP contribution in [0.2, 0.25) is 0 Å². The van der Waals surface area contributed by atoms with E-state index in [4.69, 9.17) is 29.6 Å². The van der Waals surface area contributed by atoms with E-state index in [1.54, 1.807) is 94.2 Å². The summed E-state index contributed by atoms with van der Waals surface area (Å²) >= 11 is 0. The van der Waals surface area contributed by atoms with Gasteiger partial charge in [-0.3, -0.25) is 0 Å². The molecular weight excluding hydrogens is 737 g/mol. The highest BCUT2D eigenvalue weighted by atomic mass is 32.2. The number of nitrogens with zero attached hydrogens (tertiary/aromatic N) is 12. The number of hydrazine groups is 1. The monoisotopic (exact) mass is 766 g/mol. The van der Waals surface area contributed by atoms with E-state index in [1.165, 1.54) is 24.8 Å². The smallest absolute Gasteiger partial charge is 0.269 e. The maximum absolute atomic E-state index is 12.2. The topological polar surface area (TPSA) is 189 Å². The van der Waals surface area contributed by atoms with Crippen molar-refractivity contribution < 1.29 is 26.3 Å². The number of ether oxygens (including phenoxy) is 2. The second-order valence-corrected chi connectivity index (χ2v) is 15.6. The second-order valence-electron chi connectivity index (χ2n) is 12.0. The molecule has 0 unspecified atom stereocenters. The Morgan fingerprint density at radius 1 is 0.574 bits per heavy atom. The molecule has 18 nitrogen and oxygen atoms in total. The van der Waals surface area contributed by atoms with Crippen LogP contribution < -0.4 is 19.5 Å². The molecule has 0 spiro atoms. The fourth-order valence-electron chi connectivity index (χ4n) is 5.76. The highest BCUT2D eigenvalue weighted by Gasteiger charge is 2.30. The highest BCUT2D eigenvalue weighted by molar-refractivity contribution is 7.89. The van der Waals surface area contributed by atoms with Crippen LogP contribution in [0.3, 0.4) is 0 Å². The zero-order valence-electron chi connectivity index (χ0n) is 29.0. The average molecular weight is 767 g/mol. The Hall–Kier alpha value is -6.80. The van der Waals surface area contributed by atoms with Crippen molar-refractivity contribution in [1.29, 1.82) is 0 Å². The molecule has 8 aromatic rings. The summed E-state index contributed by atoms with van der Waals surface area (Å²) in [5.41, 5.74) is 4.24. The van der Waals surface area contributed by atoms with Gasteiger partial charge in [-0.15, -0.1) is 10.2 Å². The number of anilines is 4. The first-order valence-corrected chi connectivity index (χ1v) is 19.7. The summed E-state index contributed by atoms with van der Waals surface area (Å²) in [5, 5.41) is 21.3. The SMILES string of the molecule is COc1ccc(N(c2nc3c(-c4cnn(S(C)(=O)=O)c4)cccn3n2)N(c2ccc(OC)cc2)c2nc3c(-c4cnn(S(C)(=O)=O)c4)cccn3n2)cc1. The van der Waals surface area contributed by atoms with Crippen molar-refractivity contribution in [3.63, 3.8) is 0 Å². The van der Waals surface area contributed by atoms with Crippen molar-refractivity contribution in [2.75, 3.05) is 36.7 Å². The van der Waals surface area contributed by atoms with E-state index in [2.05, 4.69) is 10.2 Å². The zero-order chi connectivity index (χ0) is 37.8. The lowest BCUT2D eigenvalue weighted by atomic mass is 10.1. The van der Waals surface area contributed by atoms with Gasteiger partial charge in [0.15, 0.2) is 11.3 Å². The van der Waals surface area contributed by atoms with Gasteiger partial charge < -0.3 is 9.47 Å². The summed E-state index contributed by atoms with van der Waals surface area (Å²) in [4.78, 5) is 9.99. The molecule has 0 aliphatic rings. The molecule has 0 radical (unpaired) electrons. The Morgan fingerprint density at radius 2 is 0.963 bits per heavy atom. The normalized spacial score (nSPS) is 12.0. The number of pyridine rings is 2. The Balaban J connectivity index is 1.35. The van der Waals surface area contributed by atoms with Crippen molar-refractivity contribution >= 4 is 54.6 Å². The molecule has 0 amide bonds. The van der Waals surface area contributed by atoms with Gasteiger partial charge >= 0.3 is 0 Å². The van der Waals surface area contributed by atoms with Gasteiger partial charge in [-0.1, -0.05) is 0 Å². The van der Waals surface area contributed by atoms with Crippen LogP contribution in [0.1, 0.15) is 0 Å².